The number of hydrogen-bond acceptors (Lipinski definition) is 5. The second-order valence-corrected chi connectivity index (χ2v) is 10.4. The molecule has 2 saturated heterocycles. The minimum Gasteiger partial charge on any atom is -0.379 e. The number of sulfonamides is 1. The normalized spacial score (nSPS) is 22.4. The van der Waals surface area contributed by atoms with Gasteiger partial charge in [-0.3, -0.25) is 9.89 Å². The van der Waals surface area contributed by atoms with Gasteiger partial charge in [-0.1, -0.05) is 13.8 Å². The van der Waals surface area contributed by atoms with E-state index in [1.165, 1.54) is 6.26 Å². The lowest BCUT2D eigenvalue weighted by Gasteiger charge is -2.36. The Hall–Kier alpha value is -0.900. The molecule has 2 N–H and O–H groups in total. The maximum absolute atomic E-state index is 11.6. The number of ether oxygens (including phenoxy) is 1. The molecule has 0 radical (unpaired) electrons. The summed E-state index contributed by atoms with van der Waals surface area (Å²) in [5, 5.41) is 6.93. The van der Waals surface area contributed by atoms with Crippen LogP contribution in [0.4, 0.5) is 0 Å². The molecule has 1 unspecified atom stereocenters. The van der Waals surface area contributed by atoms with Crippen LogP contribution in [0.1, 0.15) is 33.1 Å². The molecule has 0 spiro atoms. The van der Waals surface area contributed by atoms with E-state index in [1.54, 1.807) is 11.4 Å². The fourth-order valence-corrected chi connectivity index (χ4v) is 4.84. The Kier molecular flexibility index (Phi) is 9.46. The predicted octanol–water partition coefficient (Wildman–Crippen LogP) is 0.570. The lowest BCUT2D eigenvalue weighted by Crippen LogP contribution is -2.51. The summed E-state index contributed by atoms with van der Waals surface area (Å²) in [6, 6.07) is 0.473. The van der Waals surface area contributed by atoms with Crippen LogP contribution in [0, 0.1) is 11.8 Å². The highest BCUT2D eigenvalue weighted by molar-refractivity contribution is 7.88. The average Bonchev–Trinajstić information content (AvgIpc) is 2.67. The van der Waals surface area contributed by atoms with Gasteiger partial charge in [0, 0.05) is 52.4 Å². The maximum atomic E-state index is 11.6. The molecule has 164 valence electrons. The van der Waals surface area contributed by atoms with Crippen molar-refractivity contribution < 1.29 is 13.2 Å². The molecule has 2 aliphatic heterocycles. The highest BCUT2D eigenvalue weighted by atomic mass is 32.2. The zero-order valence-electron chi connectivity index (χ0n) is 18.0. The predicted molar refractivity (Wildman–Crippen MR) is 114 cm³/mol. The molecule has 0 aromatic heterocycles. The highest BCUT2D eigenvalue weighted by Gasteiger charge is 2.25. The Labute approximate surface area is 171 Å². The van der Waals surface area contributed by atoms with Crippen molar-refractivity contribution in [3.63, 3.8) is 0 Å². The second kappa shape index (κ2) is 11.3. The van der Waals surface area contributed by atoms with Gasteiger partial charge in [0.05, 0.1) is 19.5 Å². The number of piperidine rings is 1. The van der Waals surface area contributed by atoms with Gasteiger partial charge in [0.1, 0.15) is 0 Å². The molecule has 0 saturated carbocycles. The Balaban J connectivity index is 1.76. The van der Waals surface area contributed by atoms with Crippen LogP contribution in [-0.4, -0.2) is 95.4 Å². The molecule has 0 amide bonds. The zero-order valence-corrected chi connectivity index (χ0v) is 18.8. The van der Waals surface area contributed by atoms with Gasteiger partial charge < -0.3 is 15.4 Å². The van der Waals surface area contributed by atoms with Crippen LogP contribution >= 0.6 is 0 Å². The van der Waals surface area contributed by atoms with E-state index in [-0.39, 0.29) is 0 Å². The summed E-state index contributed by atoms with van der Waals surface area (Å²) in [4.78, 5) is 6.89. The topological polar surface area (TPSA) is 86.3 Å². The Morgan fingerprint density at radius 2 is 1.79 bits per heavy atom. The van der Waals surface area contributed by atoms with Gasteiger partial charge in [-0.05, 0) is 31.1 Å². The van der Waals surface area contributed by atoms with Crippen LogP contribution in [0.5, 0.6) is 0 Å². The molecule has 1 atom stereocenters. The van der Waals surface area contributed by atoms with E-state index in [9.17, 15) is 8.42 Å². The van der Waals surface area contributed by atoms with Crippen LogP contribution in [-0.2, 0) is 14.8 Å². The first kappa shape index (κ1) is 23.4. The summed E-state index contributed by atoms with van der Waals surface area (Å²) in [6.45, 7) is 11.1. The quantitative estimate of drug-likeness (QED) is 0.444. The number of rotatable bonds is 8. The molecule has 9 heteroatoms. The van der Waals surface area contributed by atoms with Crippen molar-refractivity contribution in [2.75, 3.05) is 65.8 Å². The van der Waals surface area contributed by atoms with Gasteiger partial charge in [0.15, 0.2) is 5.96 Å². The van der Waals surface area contributed by atoms with Crippen LogP contribution in [0.25, 0.3) is 0 Å². The molecule has 28 heavy (non-hydrogen) atoms. The molecule has 2 fully saturated rings. The summed E-state index contributed by atoms with van der Waals surface area (Å²) < 4.78 is 30.3. The van der Waals surface area contributed by atoms with Gasteiger partial charge >= 0.3 is 0 Å². The Morgan fingerprint density at radius 3 is 2.32 bits per heavy atom. The first-order chi connectivity index (χ1) is 13.3. The van der Waals surface area contributed by atoms with Crippen molar-refractivity contribution in [1.29, 1.82) is 0 Å². The van der Waals surface area contributed by atoms with Crippen molar-refractivity contribution in [2.24, 2.45) is 16.8 Å². The largest absolute Gasteiger partial charge is 0.379 e. The molecular weight excluding hydrogens is 378 g/mol. The molecule has 2 heterocycles. The summed E-state index contributed by atoms with van der Waals surface area (Å²) in [6.07, 6.45) is 4.22. The fourth-order valence-electron chi connectivity index (χ4n) is 3.97. The van der Waals surface area contributed by atoms with Gasteiger partial charge in [-0.2, -0.15) is 0 Å². The number of guanidine groups is 1. The zero-order chi connectivity index (χ0) is 20.6. The van der Waals surface area contributed by atoms with Crippen LogP contribution in [0.3, 0.4) is 0 Å². The number of nitrogens with one attached hydrogen (secondary N) is 2. The number of aliphatic imine (C=N–C) groups is 1. The third kappa shape index (κ3) is 7.85. The second-order valence-electron chi connectivity index (χ2n) is 8.37. The monoisotopic (exact) mass is 417 g/mol. The van der Waals surface area contributed by atoms with E-state index in [0.29, 0.717) is 31.0 Å². The van der Waals surface area contributed by atoms with Gasteiger partial charge in [0.2, 0.25) is 10.0 Å². The first-order valence-corrected chi connectivity index (χ1v) is 12.4. The summed E-state index contributed by atoms with van der Waals surface area (Å²) in [7, 11) is -1.26. The minimum atomic E-state index is -3.06. The third-order valence-electron chi connectivity index (χ3n) is 5.63. The molecular formula is C19H39N5O3S. The molecule has 0 aromatic rings. The molecule has 2 aliphatic rings. The van der Waals surface area contributed by atoms with Crippen molar-refractivity contribution in [2.45, 2.75) is 39.2 Å². The first-order valence-electron chi connectivity index (χ1n) is 10.5. The average molecular weight is 418 g/mol. The van der Waals surface area contributed by atoms with Crippen molar-refractivity contribution >= 4 is 16.0 Å². The van der Waals surface area contributed by atoms with E-state index in [0.717, 1.165) is 64.6 Å². The van der Waals surface area contributed by atoms with Crippen LogP contribution in [0.15, 0.2) is 4.99 Å². The summed E-state index contributed by atoms with van der Waals surface area (Å²) in [5.41, 5.74) is 0. The minimum absolute atomic E-state index is 0.473. The number of nitrogens with zero attached hydrogens (tertiary/aromatic N) is 3. The van der Waals surface area contributed by atoms with Gasteiger partial charge in [0.25, 0.3) is 0 Å². The van der Waals surface area contributed by atoms with Crippen molar-refractivity contribution in [3.05, 3.63) is 0 Å². The van der Waals surface area contributed by atoms with Crippen LogP contribution in [0.2, 0.25) is 0 Å². The van der Waals surface area contributed by atoms with Crippen molar-refractivity contribution in [1.82, 2.24) is 19.8 Å². The van der Waals surface area contributed by atoms with E-state index in [1.807, 2.05) is 0 Å². The lowest BCUT2D eigenvalue weighted by atomic mass is 9.98. The number of hydrogen-bond donors (Lipinski definition) is 2. The van der Waals surface area contributed by atoms with Gasteiger partial charge in [-0.25, -0.2) is 12.7 Å². The van der Waals surface area contributed by atoms with E-state index < -0.39 is 10.0 Å². The summed E-state index contributed by atoms with van der Waals surface area (Å²) in [5.74, 6) is 1.94. The van der Waals surface area contributed by atoms with E-state index in [4.69, 9.17) is 4.74 Å². The lowest BCUT2D eigenvalue weighted by molar-refractivity contribution is 0.0132. The molecule has 0 aliphatic carbocycles. The van der Waals surface area contributed by atoms with E-state index in [2.05, 4.69) is 34.4 Å². The molecule has 0 bridgehead atoms. The molecule has 8 nitrogen and oxygen atoms in total. The Morgan fingerprint density at radius 1 is 1.14 bits per heavy atom. The smallest absolute Gasteiger partial charge is 0.211 e. The standard InChI is InChI=1S/C19H39N5O3S/c1-16(2)13-18(23-9-11-27-12-10-23)15-22-19(20-3)21-14-17-5-7-24(8-6-17)28(4,25)26/h16-18H,5-15H2,1-4H3,(H2,20,21,22). The SMILES string of the molecule is CN=C(NCC1CCN(S(C)(=O)=O)CC1)NCC(CC(C)C)N1CCOCC1. The van der Waals surface area contributed by atoms with E-state index >= 15 is 0 Å². The van der Waals surface area contributed by atoms with Crippen molar-refractivity contribution in [3.8, 4) is 0 Å². The Bertz CT molecular complexity index is 582. The fraction of sp³-hybridized carbons (Fsp3) is 0.947. The maximum Gasteiger partial charge on any atom is 0.211 e. The molecule has 2 rings (SSSR count). The highest BCUT2D eigenvalue weighted by Crippen LogP contribution is 2.18. The van der Waals surface area contributed by atoms with Gasteiger partial charge in [-0.15, -0.1) is 0 Å². The number of morpholine rings is 1. The summed E-state index contributed by atoms with van der Waals surface area (Å²) >= 11 is 0. The third-order valence-corrected chi connectivity index (χ3v) is 6.94. The van der Waals surface area contributed by atoms with Crippen LogP contribution < -0.4 is 10.6 Å². The molecule has 0 aromatic carbocycles.